The molecule has 0 aliphatic heterocycles. The molecule has 0 heterocycles. The molecule has 0 fully saturated rings. The van der Waals surface area contributed by atoms with E-state index >= 15 is 0 Å². The van der Waals surface area contributed by atoms with Crippen LogP contribution in [0.3, 0.4) is 0 Å². The van der Waals surface area contributed by atoms with Crippen LogP contribution >= 0.6 is 0 Å². The monoisotopic (exact) mass is 441 g/mol. The zero-order chi connectivity index (χ0) is 23.2. The van der Waals surface area contributed by atoms with Crippen LogP contribution in [0.2, 0.25) is 0 Å². The second-order valence-electron chi connectivity index (χ2n) is 9.32. The fourth-order valence-electron chi connectivity index (χ4n) is 4.37. The van der Waals surface area contributed by atoms with Gasteiger partial charge in [-0.25, -0.2) is 0 Å². The molecular formula is C27H55NO3. The van der Waals surface area contributed by atoms with Crippen LogP contribution < -0.4 is 0 Å². The molecule has 2 unspecified atom stereocenters. The second kappa shape index (κ2) is 22.6. The van der Waals surface area contributed by atoms with E-state index in [2.05, 4.69) is 25.7 Å². The van der Waals surface area contributed by atoms with Gasteiger partial charge in [0.25, 0.3) is 0 Å². The molecule has 186 valence electrons. The third kappa shape index (κ3) is 17.6. The van der Waals surface area contributed by atoms with Gasteiger partial charge in [0.1, 0.15) is 0 Å². The molecule has 0 aromatic heterocycles. The van der Waals surface area contributed by atoms with E-state index in [1.54, 1.807) is 0 Å². The predicted molar refractivity (Wildman–Crippen MR) is 134 cm³/mol. The van der Waals surface area contributed by atoms with Gasteiger partial charge in [0.15, 0.2) is 0 Å². The zero-order valence-corrected chi connectivity index (χ0v) is 21.5. The standard InChI is InChI=1S/C27H55NO3/c1-5-8-11-12-15-18-21-26(29)25(28(23-9-6-2)24-10-7-3)20-17-14-13-16-19-22-27(30)31-4/h25-26,29H,5-24H2,1-4H3. The summed E-state index contributed by atoms with van der Waals surface area (Å²) in [4.78, 5) is 13.8. The fraction of sp³-hybridized carbons (Fsp3) is 0.963. The number of hydrogen-bond donors (Lipinski definition) is 1. The lowest BCUT2D eigenvalue weighted by Gasteiger charge is -2.35. The van der Waals surface area contributed by atoms with Crippen LogP contribution in [0.5, 0.6) is 0 Å². The van der Waals surface area contributed by atoms with E-state index in [0.717, 1.165) is 45.2 Å². The highest BCUT2D eigenvalue weighted by molar-refractivity contribution is 5.68. The first kappa shape index (κ1) is 30.4. The minimum atomic E-state index is -0.195. The molecule has 0 rings (SSSR count). The van der Waals surface area contributed by atoms with Gasteiger partial charge in [0.2, 0.25) is 0 Å². The van der Waals surface area contributed by atoms with E-state index in [-0.39, 0.29) is 12.1 Å². The van der Waals surface area contributed by atoms with E-state index in [1.807, 2.05) is 0 Å². The van der Waals surface area contributed by atoms with E-state index in [9.17, 15) is 9.90 Å². The molecule has 0 aliphatic rings. The summed E-state index contributed by atoms with van der Waals surface area (Å²) in [6, 6.07) is 0.309. The van der Waals surface area contributed by atoms with Gasteiger partial charge in [-0.15, -0.1) is 0 Å². The third-order valence-corrected chi connectivity index (χ3v) is 6.47. The smallest absolute Gasteiger partial charge is 0.305 e. The summed E-state index contributed by atoms with van der Waals surface area (Å²) < 4.78 is 4.71. The quantitative estimate of drug-likeness (QED) is 0.134. The van der Waals surface area contributed by atoms with Crippen molar-refractivity contribution < 1.29 is 14.6 Å². The molecule has 0 saturated carbocycles. The van der Waals surface area contributed by atoms with Gasteiger partial charge in [0, 0.05) is 12.5 Å². The number of ether oxygens (including phenoxy) is 1. The topological polar surface area (TPSA) is 49.8 Å². The van der Waals surface area contributed by atoms with Crippen molar-refractivity contribution in [3.63, 3.8) is 0 Å². The summed E-state index contributed by atoms with van der Waals surface area (Å²) >= 11 is 0. The van der Waals surface area contributed by atoms with Gasteiger partial charge < -0.3 is 9.84 Å². The lowest BCUT2D eigenvalue weighted by molar-refractivity contribution is -0.140. The summed E-state index contributed by atoms with van der Waals surface area (Å²) in [5.74, 6) is -0.0969. The van der Waals surface area contributed by atoms with E-state index < -0.39 is 0 Å². The fourth-order valence-corrected chi connectivity index (χ4v) is 4.37. The molecule has 4 nitrogen and oxygen atoms in total. The van der Waals surface area contributed by atoms with E-state index in [0.29, 0.717) is 12.5 Å². The maximum absolute atomic E-state index is 11.2. The van der Waals surface area contributed by atoms with Crippen molar-refractivity contribution in [2.45, 2.75) is 148 Å². The Bertz CT molecular complexity index is 381. The van der Waals surface area contributed by atoms with Gasteiger partial charge in [-0.05, 0) is 45.2 Å². The Morgan fingerprint density at radius 2 is 1.19 bits per heavy atom. The number of methoxy groups -OCH3 is 1. The van der Waals surface area contributed by atoms with Crippen molar-refractivity contribution in [2.24, 2.45) is 0 Å². The largest absolute Gasteiger partial charge is 0.469 e. The van der Waals surface area contributed by atoms with Gasteiger partial charge in [0.05, 0.1) is 13.2 Å². The van der Waals surface area contributed by atoms with Crippen LogP contribution in [0.25, 0.3) is 0 Å². The maximum Gasteiger partial charge on any atom is 0.305 e. The Labute approximate surface area is 194 Å². The van der Waals surface area contributed by atoms with Crippen molar-refractivity contribution in [3.8, 4) is 0 Å². The molecular weight excluding hydrogens is 386 g/mol. The normalized spacial score (nSPS) is 13.5. The number of aliphatic hydroxyl groups excluding tert-OH is 1. The second-order valence-corrected chi connectivity index (χ2v) is 9.32. The summed E-state index contributed by atoms with van der Waals surface area (Å²) in [6.45, 7) is 9.01. The Hall–Kier alpha value is -0.610. The molecule has 0 aromatic rings. The maximum atomic E-state index is 11.2. The minimum absolute atomic E-state index is 0.0969. The molecule has 0 bridgehead atoms. The van der Waals surface area contributed by atoms with Crippen LogP contribution in [-0.4, -0.2) is 48.3 Å². The lowest BCUT2D eigenvalue weighted by Crippen LogP contribution is -2.44. The van der Waals surface area contributed by atoms with Crippen LogP contribution in [0.1, 0.15) is 136 Å². The lowest BCUT2D eigenvalue weighted by atomic mass is 9.95. The molecule has 0 saturated heterocycles. The van der Waals surface area contributed by atoms with Crippen molar-refractivity contribution in [1.82, 2.24) is 4.90 Å². The highest BCUT2D eigenvalue weighted by atomic mass is 16.5. The molecule has 0 amide bonds. The van der Waals surface area contributed by atoms with Gasteiger partial charge in [-0.1, -0.05) is 97.8 Å². The molecule has 0 radical (unpaired) electrons. The first-order valence-electron chi connectivity index (χ1n) is 13.6. The number of carbonyl (C=O) groups excluding carboxylic acids is 1. The van der Waals surface area contributed by atoms with Crippen LogP contribution in [0.15, 0.2) is 0 Å². The number of rotatable bonds is 23. The summed E-state index contributed by atoms with van der Waals surface area (Å²) in [5.41, 5.74) is 0. The first-order valence-corrected chi connectivity index (χ1v) is 13.6. The van der Waals surface area contributed by atoms with Gasteiger partial charge >= 0.3 is 5.97 Å². The predicted octanol–water partition coefficient (Wildman–Crippen LogP) is 7.27. The average Bonchev–Trinajstić information content (AvgIpc) is 2.78. The molecule has 4 heteroatoms. The van der Waals surface area contributed by atoms with Crippen molar-refractivity contribution in [2.75, 3.05) is 20.2 Å². The number of unbranched alkanes of at least 4 members (excludes halogenated alkanes) is 11. The van der Waals surface area contributed by atoms with Crippen molar-refractivity contribution in [1.29, 1.82) is 0 Å². The number of carbonyl (C=O) groups is 1. The minimum Gasteiger partial charge on any atom is -0.469 e. The Morgan fingerprint density at radius 1 is 0.710 bits per heavy atom. The molecule has 0 aliphatic carbocycles. The first-order chi connectivity index (χ1) is 15.1. The van der Waals surface area contributed by atoms with Crippen LogP contribution in [-0.2, 0) is 9.53 Å². The number of esters is 1. The summed E-state index contributed by atoms with van der Waals surface area (Å²) in [5, 5.41) is 11.1. The molecule has 0 spiro atoms. The SMILES string of the molecule is CCCCCCCCC(O)C(CCCCCCCC(=O)OC)N(CCCC)CCCC. The Kier molecular flexibility index (Phi) is 22.1. The van der Waals surface area contributed by atoms with Crippen molar-refractivity contribution in [3.05, 3.63) is 0 Å². The van der Waals surface area contributed by atoms with Gasteiger partial charge in [-0.2, -0.15) is 0 Å². The Balaban J connectivity index is 4.52. The van der Waals surface area contributed by atoms with Crippen LogP contribution in [0.4, 0.5) is 0 Å². The number of aliphatic hydroxyl groups is 1. The highest BCUT2D eigenvalue weighted by Gasteiger charge is 2.24. The molecule has 0 aromatic carbocycles. The molecule has 31 heavy (non-hydrogen) atoms. The average molecular weight is 442 g/mol. The number of nitrogens with zero attached hydrogens (tertiary/aromatic N) is 1. The van der Waals surface area contributed by atoms with Crippen LogP contribution in [0, 0.1) is 0 Å². The van der Waals surface area contributed by atoms with Crippen molar-refractivity contribution >= 4 is 5.97 Å². The van der Waals surface area contributed by atoms with Gasteiger partial charge in [-0.3, -0.25) is 9.69 Å². The van der Waals surface area contributed by atoms with E-state index in [1.165, 1.54) is 84.2 Å². The highest BCUT2D eigenvalue weighted by Crippen LogP contribution is 2.21. The zero-order valence-electron chi connectivity index (χ0n) is 21.5. The molecule has 2 atom stereocenters. The summed E-state index contributed by atoms with van der Waals surface area (Å²) in [7, 11) is 1.46. The Morgan fingerprint density at radius 3 is 1.74 bits per heavy atom. The third-order valence-electron chi connectivity index (χ3n) is 6.47. The van der Waals surface area contributed by atoms with E-state index in [4.69, 9.17) is 4.74 Å². The molecule has 1 N–H and O–H groups in total. The number of hydrogen-bond acceptors (Lipinski definition) is 4. The summed E-state index contributed by atoms with van der Waals surface area (Å²) in [6.07, 6.45) is 20.5.